The van der Waals surface area contributed by atoms with Gasteiger partial charge in [0.25, 0.3) is 5.91 Å². The van der Waals surface area contributed by atoms with E-state index in [9.17, 15) is 14.7 Å². The molecule has 6 heteroatoms. The molecule has 0 aromatic heterocycles. The Hall–Kier alpha value is -2.82. The predicted octanol–water partition coefficient (Wildman–Crippen LogP) is 5.61. The second-order valence-corrected chi connectivity index (χ2v) is 6.35. The monoisotopic (exact) mass is 385 g/mol. The average Bonchev–Trinajstić information content (AvgIpc) is 2.62. The molecule has 0 saturated carbocycles. The maximum atomic E-state index is 12.4. The molecule has 0 spiro atoms. The first kappa shape index (κ1) is 18.0. The van der Waals surface area contributed by atoms with Crippen LogP contribution in [0.1, 0.15) is 20.7 Å². The van der Waals surface area contributed by atoms with Gasteiger partial charge in [-0.15, -0.1) is 0 Å². The molecular formula is C20H13Cl2NO3. The Morgan fingerprint density at radius 1 is 0.885 bits per heavy atom. The number of benzene rings is 3. The maximum absolute atomic E-state index is 12.4. The van der Waals surface area contributed by atoms with Gasteiger partial charge in [0.05, 0.1) is 11.3 Å². The van der Waals surface area contributed by atoms with Gasteiger partial charge in [-0.05, 0) is 42.0 Å². The van der Waals surface area contributed by atoms with Crippen molar-refractivity contribution in [3.05, 3.63) is 87.9 Å². The highest BCUT2D eigenvalue weighted by Gasteiger charge is 2.16. The first-order valence-corrected chi connectivity index (χ1v) is 8.40. The summed E-state index contributed by atoms with van der Waals surface area (Å²) >= 11 is 12.2. The van der Waals surface area contributed by atoms with Gasteiger partial charge >= 0.3 is 5.97 Å². The lowest BCUT2D eigenvalue weighted by atomic mass is 10.0. The molecule has 0 aliphatic carbocycles. The Bertz CT molecular complexity index is 988. The van der Waals surface area contributed by atoms with E-state index < -0.39 is 11.9 Å². The topological polar surface area (TPSA) is 66.4 Å². The fourth-order valence-corrected chi connectivity index (χ4v) is 3.03. The molecule has 130 valence electrons. The number of anilines is 1. The van der Waals surface area contributed by atoms with Crippen LogP contribution in [0.3, 0.4) is 0 Å². The summed E-state index contributed by atoms with van der Waals surface area (Å²) in [6.07, 6.45) is 0. The van der Waals surface area contributed by atoms with Crippen LogP contribution in [-0.2, 0) is 0 Å². The number of aromatic carboxylic acids is 1. The van der Waals surface area contributed by atoms with Crippen LogP contribution in [0.5, 0.6) is 0 Å². The molecule has 0 atom stereocenters. The summed E-state index contributed by atoms with van der Waals surface area (Å²) in [5.41, 5.74) is 1.96. The zero-order chi connectivity index (χ0) is 18.7. The molecule has 0 radical (unpaired) electrons. The van der Waals surface area contributed by atoms with E-state index in [0.29, 0.717) is 26.7 Å². The van der Waals surface area contributed by atoms with Crippen LogP contribution in [0.25, 0.3) is 11.1 Å². The van der Waals surface area contributed by atoms with E-state index >= 15 is 0 Å². The van der Waals surface area contributed by atoms with Crippen LogP contribution in [0, 0.1) is 0 Å². The van der Waals surface area contributed by atoms with Gasteiger partial charge in [0.1, 0.15) is 0 Å². The number of halogens is 2. The number of amides is 1. The third-order valence-electron chi connectivity index (χ3n) is 3.78. The van der Waals surface area contributed by atoms with Crippen molar-refractivity contribution in [2.45, 2.75) is 0 Å². The molecular weight excluding hydrogens is 373 g/mol. The lowest BCUT2D eigenvalue weighted by Crippen LogP contribution is -2.14. The molecule has 0 heterocycles. The molecule has 1 amide bonds. The van der Waals surface area contributed by atoms with Crippen LogP contribution in [0.4, 0.5) is 5.69 Å². The third-order valence-corrected chi connectivity index (χ3v) is 4.32. The van der Waals surface area contributed by atoms with E-state index in [1.54, 1.807) is 60.7 Å². The predicted molar refractivity (Wildman–Crippen MR) is 103 cm³/mol. The van der Waals surface area contributed by atoms with Crippen molar-refractivity contribution in [2.24, 2.45) is 0 Å². The summed E-state index contributed by atoms with van der Waals surface area (Å²) in [5, 5.41) is 13.0. The van der Waals surface area contributed by atoms with E-state index in [0.717, 1.165) is 0 Å². The van der Waals surface area contributed by atoms with Gasteiger partial charge in [0, 0.05) is 21.2 Å². The van der Waals surface area contributed by atoms with Gasteiger partial charge in [-0.2, -0.15) is 0 Å². The SMILES string of the molecule is O=C(Nc1cc(-c2ccc(Cl)cc2Cl)ccc1C(=O)O)c1ccccc1. The third kappa shape index (κ3) is 3.87. The number of hydrogen-bond acceptors (Lipinski definition) is 2. The molecule has 0 unspecified atom stereocenters. The van der Waals surface area contributed by atoms with Gasteiger partial charge in [-0.25, -0.2) is 4.79 Å². The zero-order valence-electron chi connectivity index (χ0n) is 13.4. The number of nitrogens with one attached hydrogen (secondary N) is 1. The van der Waals surface area contributed by atoms with Gasteiger partial charge in [0.2, 0.25) is 0 Å². The largest absolute Gasteiger partial charge is 0.478 e. The fourth-order valence-electron chi connectivity index (χ4n) is 2.51. The number of carboxylic acid groups (broad SMARTS) is 1. The van der Waals surface area contributed by atoms with Crippen LogP contribution >= 0.6 is 23.2 Å². The normalized spacial score (nSPS) is 10.4. The molecule has 0 bridgehead atoms. The first-order valence-electron chi connectivity index (χ1n) is 7.65. The van der Waals surface area contributed by atoms with E-state index in [-0.39, 0.29) is 11.3 Å². The van der Waals surface area contributed by atoms with Crippen molar-refractivity contribution in [1.29, 1.82) is 0 Å². The molecule has 0 aliphatic rings. The van der Waals surface area contributed by atoms with Crippen LogP contribution in [-0.4, -0.2) is 17.0 Å². The quantitative estimate of drug-likeness (QED) is 0.613. The summed E-state index contributed by atoms with van der Waals surface area (Å²) in [6.45, 7) is 0. The van der Waals surface area contributed by atoms with E-state index in [4.69, 9.17) is 23.2 Å². The number of carbonyl (C=O) groups excluding carboxylic acids is 1. The highest BCUT2D eigenvalue weighted by molar-refractivity contribution is 6.36. The van der Waals surface area contributed by atoms with Crippen molar-refractivity contribution < 1.29 is 14.7 Å². The van der Waals surface area contributed by atoms with E-state index in [1.807, 2.05) is 0 Å². The van der Waals surface area contributed by atoms with Crippen molar-refractivity contribution in [3.8, 4) is 11.1 Å². The summed E-state index contributed by atoms with van der Waals surface area (Å²) in [4.78, 5) is 23.9. The summed E-state index contributed by atoms with van der Waals surface area (Å²) in [6, 6.07) is 18.2. The number of carbonyl (C=O) groups is 2. The molecule has 0 aliphatic heterocycles. The summed E-state index contributed by atoms with van der Waals surface area (Å²) < 4.78 is 0. The Morgan fingerprint density at radius 2 is 1.62 bits per heavy atom. The van der Waals surface area contributed by atoms with Gasteiger partial charge in [0.15, 0.2) is 0 Å². The van der Waals surface area contributed by atoms with Crippen LogP contribution in [0.2, 0.25) is 10.0 Å². The Morgan fingerprint density at radius 3 is 2.27 bits per heavy atom. The van der Waals surface area contributed by atoms with Crippen molar-refractivity contribution in [3.63, 3.8) is 0 Å². The minimum absolute atomic E-state index is 0.0110. The molecule has 3 rings (SSSR count). The second-order valence-electron chi connectivity index (χ2n) is 5.51. The lowest BCUT2D eigenvalue weighted by molar-refractivity contribution is 0.0698. The summed E-state index contributed by atoms with van der Waals surface area (Å²) in [7, 11) is 0. The molecule has 3 aromatic carbocycles. The molecule has 26 heavy (non-hydrogen) atoms. The minimum Gasteiger partial charge on any atom is -0.478 e. The van der Waals surface area contributed by atoms with Crippen LogP contribution in [0.15, 0.2) is 66.7 Å². The van der Waals surface area contributed by atoms with Gasteiger partial charge < -0.3 is 10.4 Å². The Labute approximate surface area is 160 Å². The van der Waals surface area contributed by atoms with Crippen molar-refractivity contribution in [1.82, 2.24) is 0 Å². The zero-order valence-corrected chi connectivity index (χ0v) is 14.9. The fraction of sp³-hybridized carbons (Fsp3) is 0. The lowest BCUT2D eigenvalue weighted by Gasteiger charge is -2.12. The maximum Gasteiger partial charge on any atom is 0.337 e. The van der Waals surface area contributed by atoms with E-state index in [2.05, 4.69) is 5.32 Å². The molecule has 4 nitrogen and oxygen atoms in total. The van der Waals surface area contributed by atoms with E-state index in [1.165, 1.54) is 6.07 Å². The highest BCUT2D eigenvalue weighted by atomic mass is 35.5. The molecule has 2 N–H and O–H groups in total. The smallest absolute Gasteiger partial charge is 0.337 e. The summed E-state index contributed by atoms with van der Waals surface area (Å²) in [5.74, 6) is -1.53. The standard InChI is InChI=1S/C20H13Cl2NO3/c21-14-7-9-15(17(22)11-14)13-6-8-16(20(25)26)18(10-13)23-19(24)12-4-2-1-3-5-12/h1-11H,(H,23,24)(H,25,26). The van der Waals surface area contributed by atoms with Gasteiger partial charge in [-0.3, -0.25) is 4.79 Å². The van der Waals surface area contributed by atoms with Crippen LogP contribution < -0.4 is 5.32 Å². The second kappa shape index (κ2) is 7.60. The van der Waals surface area contributed by atoms with Crippen molar-refractivity contribution >= 4 is 40.8 Å². The number of hydrogen-bond donors (Lipinski definition) is 2. The Kier molecular flexibility index (Phi) is 5.26. The molecule has 0 saturated heterocycles. The number of carboxylic acids is 1. The molecule has 0 fully saturated rings. The Balaban J connectivity index is 2.02. The highest BCUT2D eigenvalue weighted by Crippen LogP contribution is 2.33. The minimum atomic E-state index is -1.14. The average molecular weight is 386 g/mol. The van der Waals surface area contributed by atoms with Crippen molar-refractivity contribution in [2.75, 3.05) is 5.32 Å². The number of rotatable bonds is 4. The van der Waals surface area contributed by atoms with Gasteiger partial charge in [-0.1, -0.05) is 53.5 Å². The molecule has 3 aromatic rings. The first-order chi connectivity index (χ1) is 12.5.